The number of aromatic nitrogens is 5. The number of nitrogens with zero attached hydrogens (tertiary/aromatic N) is 6. The van der Waals surface area contributed by atoms with Crippen molar-refractivity contribution in [1.82, 2.24) is 29.5 Å². The summed E-state index contributed by atoms with van der Waals surface area (Å²) in [4.78, 5) is 51.7. The monoisotopic (exact) mass is 940 g/mol. The van der Waals surface area contributed by atoms with Crippen LogP contribution in [0.4, 0.5) is 48.6 Å². The lowest BCUT2D eigenvalue weighted by molar-refractivity contribution is -0.383. The average Bonchev–Trinajstić information content (AvgIpc) is 3.49. The van der Waals surface area contributed by atoms with Crippen LogP contribution in [0, 0.1) is 17.0 Å². The molecule has 0 spiro atoms. The van der Waals surface area contributed by atoms with Gasteiger partial charge in [0.15, 0.2) is 7.37 Å². The SMILES string of the molecule is COc1nc(C)nc(NC(=O)NS(=O)(=O)c2ccccc2CCC(F)(F)F)n1.CP(=O)(O)CCC(N)C(=O)O.Nc1c([N+](=O)[O-])cnn1-c1c(Cl)cc(C(F)(F)F)cc1Cl. The molecule has 2 amide bonds. The summed E-state index contributed by atoms with van der Waals surface area (Å²) in [5, 5.41) is 23.9. The second kappa shape index (κ2) is 20.8. The van der Waals surface area contributed by atoms with Crippen molar-refractivity contribution in [3.8, 4) is 11.7 Å². The first kappa shape index (κ1) is 50.8. The number of ether oxygens (including phenoxy) is 1. The van der Waals surface area contributed by atoms with Gasteiger partial charge in [0.05, 0.1) is 32.5 Å². The van der Waals surface area contributed by atoms with E-state index in [4.69, 9.17) is 49.4 Å². The van der Waals surface area contributed by atoms with Crippen molar-refractivity contribution in [2.75, 3.05) is 31.0 Å². The summed E-state index contributed by atoms with van der Waals surface area (Å²) >= 11 is 11.5. The number of rotatable bonds is 12. The maximum Gasteiger partial charge on any atom is 0.416 e. The Kier molecular flexibility index (Phi) is 17.6. The lowest BCUT2D eigenvalue weighted by Gasteiger charge is -2.13. The number of carboxylic acid groups (broad SMARTS) is 1. The van der Waals surface area contributed by atoms with Gasteiger partial charge in [-0.3, -0.25) is 24.8 Å². The zero-order valence-corrected chi connectivity index (χ0v) is 34.0. The number of nitrogen functional groups attached to an aromatic ring is 1. The van der Waals surface area contributed by atoms with Gasteiger partial charge in [-0.05, 0) is 43.5 Å². The molecule has 8 N–H and O–H groups in total. The van der Waals surface area contributed by atoms with Crippen molar-refractivity contribution in [2.24, 2.45) is 5.73 Å². The molecule has 0 bridgehead atoms. The summed E-state index contributed by atoms with van der Waals surface area (Å²) < 4.78 is 118. The summed E-state index contributed by atoms with van der Waals surface area (Å²) in [5.74, 6) is -1.59. The molecule has 2 aromatic carbocycles. The molecule has 4 aromatic rings. The fourth-order valence-corrected chi connectivity index (χ4v) is 6.84. The Morgan fingerprint density at radius 3 is 2.17 bits per heavy atom. The van der Waals surface area contributed by atoms with E-state index in [-0.39, 0.29) is 51.7 Å². The van der Waals surface area contributed by atoms with E-state index < -0.39 is 87.5 Å². The third kappa shape index (κ3) is 16.0. The molecular weight excluding hydrogens is 908 g/mol. The van der Waals surface area contributed by atoms with Gasteiger partial charge in [-0.2, -0.15) is 46.4 Å². The van der Waals surface area contributed by atoms with Crippen LogP contribution in [0.25, 0.3) is 5.69 Å². The number of hydrogen-bond acceptors (Lipinski definition) is 14. The lowest BCUT2D eigenvalue weighted by atomic mass is 10.1. The van der Waals surface area contributed by atoms with Gasteiger partial charge in [0.25, 0.3) is 10.0 Å². The first-order chi connectivity index (χ1) is 27.5. The zero-order chi connectivity index (χ0) is 46.0. The molecule has 60 heavy (non-hydrogen) atoms. The highest BCUT2D eigenvalue weighted by atomic mass is 35.5. The van der Waals surface area contributed by atoms with Gasteiger partial charge in [0, 0.05) is 19.2 Å². The molecule has 2 unspecified atom stereocenters. The number of aliphatic carboxylic acids is 1. The molecule has 330 valence electrons. The summed E-state index contributed by atoms with van der Waals surface area (Å²) in [6.07, 6.45) is -9.98. The first-order valence-corrected chi connectivity index (χ1v) is 20.6. The van der Waals surface area contributed by atoms with Gasteiger partial charge < -0.3 is 26.2 Å². The van der Waals surface area contributed by atoms with E-state index in [0.29, 0.717) is 12.1 Å². The highest BCUT2D eigenvalue weighted by Crippen LogP contribution is 2.39. The van der Waals surface area contributed by atoms with Gasteiger partial charge in [0.2, 0.25) is 11.8 Å². The normalized spacial score (nSPS) is 13.0. The molecule has 20 nitrogen and oxygen atoms in total. The minimum atomic E-state index is -4.63. The van der Waals surface area contributed by atoms with Crippen molar-refractivity contribution in [3.05, 3.63) is 79.7 Å². The molecular formula is C30H33Cl2F6N10O10PS. The predicted octanol–water partition coefficient (Wildman–Crippen LogP) is 5.57. The lowest BCUT2D eigenvalue weighted by Crippen LogP contribution is -2.35. The number of carbonyl (C=O) groups is 2. The number of nitro groups is 1. The van der Waals surface area contributed by atoms with Gasteiger partial charge in [-0.25, -0.2) is 22.6 Å². The molecule has 2 aromatic heterocycles. The van der Waals surface area contributed by atoms with E-state index in [1.165, 1.54) is 38.9 Å². The van der Waals surface area contributed by atoms with Crippen molar-refractivity contribution in [1.29, 1.82) is 0 Å². The van der Waals surface area contributed by atoms with E-state index in [2.05, 4.69) is 25.4 Å². The molecule has 0 saturated carbocycles. The molecule has 4 rings (SSSR count). The smallest absolute Gasteiger partial charge is 0.416 e. The minimum Gasteiger partial charge on any atom is -0.480 e. The number of alkyl halides is 6. The van der Waals surface area contributed by atoms with Crippen molar-refractivity contribution < 1.29 is 68.6 Å². The number of hydrogen-bond donors (Lipinski definition) is 6. The Labute approximate surface area is 344 Å². The molecule has 0 radical (unpaired) electrons. The number of nitrogens with one attached hydrogen (secondary N) is 2. The van der Waals surface area contributed by atoms with Crippen LogP contribution in [0.1, 0.15) is 29.8 Å². The Balaban J connectivity index is 0.000000340. The number of urea groups is 1. The third-order valence-corrected chi connectivity index (χ3v) is 10.1. The van der Waals surface area contributed by atoms with Crippen molar-refractivity contribution in [2.45, 2.75) is 49.5 Å². The second-order valence-electron chi connectivity index (χ2n) is 11.9. The largest absolute Gasteiger partial charge is 0.480 e. The highest BCUT2D eigenvalue weighted by molar-refractivity contribution is 7.90. The number of amides is 2. The van der Waals surface area contributed by atoms with Crippen LogP contribution >= 0.6 is 30.6 Å². The van der Waals surface area contributed by atoms with E-state index >= 15 is 0 Å². The summed E-state index contributed by atoms with van der Waals surface area (Å²) in [7, 11) is -6.25. The van der Waals surface area contributed by atoms with Gasteiger partial charge in [-0.1, -0.05) is 41.4 Å². The molecule has 0 fully saturated rings. The Morgan fingerprint density at radius 1 is 1.10 bits per heavy atom. The molecule has 0 aliphatic carbocycles. The number of nitrogens with two attached hydrogens (primary N) is 2. The first-order valence-electron chi connectivity index (χ1n) is 16.0. The number of anilines is 2. The van der Waals surface area contributed by atoms with E-state index in [0.717, 1.165) is 16.9 Å². The van der Waals surface area contributed by atoms with E-state index in [1.54, 1.807) is 4.72 Å². The maximum absolute atomic E-state index is 12.6. The van der Waals surface area contributed by atoms with Crippen LogP contribution in [-0.4, -0.2) is 92.2 Å². The molecule has 30 heteroatoms. The third-order valence-electron chi connectivity index (χ3n) is 7.01. The van der Waals surface area contributed by atoms with Crippen LogP contribution in [-0.2, 0) is 32.0 Å². The highest BCUT2D eigenvalue weighted by Gasteiger charge is 2.33. The standard InChI is InChI=1S/C15H16F3N5O4S.C10H5Cl2F3N4O2.C5H12NO4P/c1-9-19-12(22-14(20-9)27-2)21-13(24)23-28(25,26)11-6-4-3-5-10(11)7-8-15(16,17)18;11-5-1-4(10(13,14)15)2-6(12)8(5)18-9(16)7(3-17-18)19(20)21;1-11(9,10)3-2-4(6)5(7)8/h3-6H,7-8H2,1-2H3,(H2,19,20,21,22,23,24);1-3H,16H2;4H,2-3,6H2,1H3,(H,7,8)(H,9,10). The fourth-order valence-electron chi connectivity index (χ4n) is 4.26. The van der Waals surface area contributed by atoms with Crippen molar-refractivity contribution >= 4 is 70.0 Å². The second-order valence-corrected chi connectivity index (χ2v) is 16.9. The number of aryl methyl sites for hydroxylation is 2. The minimum absolute atomic E-state index is 0.0412. The van der Waals surface area contributed by atoms with Gasteiger partial charge >= 0.3 is 36.1 Å². The molecule has 2 atom stereocenters. The Hall–Kier alpha value is -5.34. The van der Waals surface area contributed by atoms with E-state index in [9.17, 15) is 59.0 Å². The van der Waals surface area contributed by atoms with Crippen LogP contribution < -0.4 is 26.2 Å². The summed E-state index contributed by atoms with van der Waals surface area (Å²) in [6.45, 7) is 2.68. The number of benzene rings is 2. The van der Waals surface area contributed by atoms with Gasteiger partial charge in [0.1, 0.15) is 23.8 Å². The van der Waals surface area contributed by atoms with Crippen LogP contribution in [0.5, 0.6) is 6.01 Å². The van der Waals surface area contributed by atoms with Crippen molar-refractivity contribution in [3.63, 3.8) is 0 Å². The number of halogens is 8. The summed E-state index contributed by atoms with van der Waals surface area (Å²) in [6, 6.07) is 4.05. The molecule has 0 saturated heterocycles. The number of carboxylic acids is 1. The predicted molar refractivity (Wildman–Crippen MR) is 202 cm³/mol. The van der Waals surface area contributed by atoms with Gasteiger partial charge in [-0.15, -0.1) is 0 Å². The number of methoxy groups -OCH3 is 1. The maximum atomic E-state index is 12.6. The quantitative estimate of drug-likeness (QED) is 0.0438. The average molecular weight is 942 g/mol. The van der Waals surface area contributed by atoms with Crippen LogP contribution in [0.15, 0.2) is 47.5 Å². The van der Waals surface area contributed by atoms with Crippen LogP contribution in [0.3, 0.4) is 0 Å². The molecule has 2 heterocycles. The molecule has 0 aliphatic heterocycles. The fraction of sp³-hybridized carbons (Fsp3) is 0.333. The molecule has 0 aliphatic rings. The van der Waals surface area contributed by atoms with E-state index in [1.807, 2.05) is 0 Å². The number of sulfonamides is 1. The number of carbonyl (C=O) groups excluding carboxylic acids is 1. The Bertz CT molecular complexity index is 2330. The van der Waals surface area contributed by atoms with Crippen LogP contribution in [0.2, 0.25) is 10.0 Å². The summed E-state index contributed by atoms with van der Waals surface area (Å²) in [5.41, 5.74) is 8.80. The Morgan fingerprint density at radius 2 is 1.68 bits per heavy atom. The zero-order valence-electron chi connectivity index (χ0n) is 30.8. The topological polar surface area (TPSA) is 311 Å².